The van der Waals surface area contributed by atoms with E-state index in [1.807, 2.05) is 0 Å². The molecule has 1 amide bonds. The molecular formula is C11H23N3O4S. The lowest BCUT2D eigenvalue weighted by molar-refractivity contribution is -0.120. The van der Waals surface area contributed by atoms with E-state index in [2.05, 4.69) is 10.6 Å². The average molecular weight is 293 g/mol. The number of carbonyl (C=O) groups is 1. The van der Waals surface area contributed by atoms with Crippen LogP contribution in [0.1, 0.15) is 12.8 Å². The summed E-state index contributed by atoms with van der Waals surface area (Å²) in [7, 11) is -1.50. The Hall–Kier alpha value is -0.700. The molecule has 1 saturated heterocycles. The van der Waals surface area contributed by atoms with Crippen LogP contribution in [0.5, 0.6) is 0 Å². The first-order chi connectivity index (χ1) is 8.93. The van der Waals surface area contributed by atoms with Gasteiger partial charge in [0.2, 0.25) is 15.9 Å². The summed E-state index contributed by atoms with van der Waals surface area (Å²) in [6.45, 7) is 2.29. The fourth-order valence-electron chi connectivity index (χ4n) is 1.98. The Kier molecular flexibility index (Phi) is 6.70. The van der Waals surface area contributed by atoms with Crippen LogP contribution in [-0.4, -0.2) is 70.8 Å². The molecule has 0 spiro atoms. The van der Waals surface area contributed by atoms with Crippen LogP contribution in [0, 0.1) is 0 Å². The third-order valence-electron chi connectivity index (χ3n) is 3.10. The molecule has 0 aromatic rings. The summed E-state index contributed by atoms with van der Waals surface area (Å²) in [5, 5.41) is 5.87. The molecule has 1 aliphatic heterocycles. The Labute approximate surface area is 114 Å². The van der Waals surface area contributed by atoms with Gasteiger partial charge in [0.1, 0.15) is 0 Å². The van der Waals surface area contributed by atoms with Gasteiger partial charge in [-0.1, -0.05) is 0 Å². The minimum Gasteiger partial charge on any atom is -0.383 e. The standard InChI is InChI=1S/C11H23N3O4S/c1-18-8-5-12-11(15)9-13-10-3-6-14(7-4-10)19(2,16)17/h10,13H,3-9H2,1-2H3,(H,12,15). The van der Waals surface area contributed by atoms with Crippen molar-refractivity contribution < 1.29 is 17.9 Å². The van der Waals surface area contributed by atoms with Crippen LogP contribution in [0.25, 0.3) is 0 Å². The Balaban J connectivity index is 2.17. The second-order valence-electron chi connectivity index (χ2n) is 4.66. The smallest absolute Gasteiger partial charge is 0.234 e. The quantitative estimate of drug-likeness (QED) is 0.574. The number of hydrogen-bond acceptors (Lipinski definition) is 5. The molecular weight excluding hydrogens is 270 g/mol. The lowest BCUT2D eigenvalue weighted by Gasteiger charge is -2.30. The molecule has 0 aromatic heterocycles. The van der Waals surface area contributed by atoms with Gasteiger partial charge < -0.3 is 15.4 Å². The second-order valence-corrected chi connectivity index (χ2v) is 6.64. The molecule has 0 aliphatic carbocycles. The van der Waals surface area contributed by atoms with Crippen molar-refractivity contribution in [2.75, 3.05) is 46.2 Å². The highest BCUT2D eigenvalue weighted by Gasteiger charge is 2.24. The molecule has 1 heterocycles. The van der Waals surface area contributed by atoms with E-state index < -0.39 is 10.0 Å². The molecule has 0 radical (unpaired) electrons. The first-order valence-electron chi connectivity index (χ1n) is 6.37. The van der Waals surface area contributed by atoms with Gasteiger partial charge in [-0.25, -0.2) is 12.7 Å². The fourth-order valence-corrected chi connectivity index (χ4v) is 2.86. The molecule has 1 aliphatic rings. The first-order valence-corrected chi connectivity index (χ1v) is 8.22. The summed E-state index contributed by atoms with van der Waals surface area (Å²) in [6, 6.07) is 0.200. The maximum Gasteiger partial charge on any atom is 0.234 e. The monoisotopic (exact) mass is 293 g/mol. The Morgan fingerprint density at radius 2 is 2.00 bits per heavy atom. The average Bonchev–Trinajstić information content (AvgIpc) is 2.36. The van der Waals surface area contributed by atoms with Crippen LogP contribution >= 0.6 is 0 Å². The van der Waals surface area contributed by atoms with Crippen LogP contribution < -0.4 is 10.6 Å². The normalized spacial score (nSPS) is 18.4. The maximum atomic E-state index is 11.4. The molecule has 112 valence electrons. The van der Waals surface area contributed by atoms with Gasteiger partial charge in [0.15, 0.2) is 0 Å². The van der Waals surface area contributed by atoms with E-state index >= 15 is 0 Å². The van der Waals surface area contributed by atoms with Gasteiger partial charge in [0.05, 0.1) is 19.4 Å². The number of sulfonamides is 1. The molecule has 8 heteroatoms. The van der Waals surface area contributed by atoms with Crippen molar-refractivity contribution in [2.45, 2.75) is 18.9 Å². The van der Waals surface area contributed by atoms with E-state index in [4.69, 9.17) is 4.74 Å². The van der Waals surface area contributed by atoms with Crippen LogP contribution in [0.2, 0.25) is 0 Å². The molecule has 0 aromatic carbocycles. The van der Waals surface area contributed by atoms with Crippen molar-refractivity contribution in [3.63, 3.8) is 0 Å². The van der Waals surface area contributed by atoms with Gasteiger partial charge in [-0.15, -0.1) is 0 Å². The summed E-state index contributed by atoms with van der Waals surface area (Å²) in [5.41, 5.74) is 0. The van der Waals surface area contributed by atoms with E-state index in [-0.39, 0.29) is 18.5 Å². The van der Waals surface area contributed by atoms with E-state index in [1.54, 1.807) is 7.11 Å². The largest absolute Gasteiger partial charge is 0.383 e. The number of hydrogen-bond donors (Lipinski definition) is 2. The van der Waals surface area contributed by atoms with Crippen LogP contribution in [-0.2, 0) is 19.6 Å². The summed E-state index contributed by atoms with van der Waals surface area (Å²) in [4.78, 5) is 11.4. The predicted molar refractivity (Wildman–Crippen MR) is 72.3 cm³/mol. The maximum absolute atomic E-state index is 11.4. The highest BCUT2D eigenvalue weighted by Crippen LogP contribution is 2.12. The second kappa shape index (κ2) is 7.78. The van der Waals surface area contributed by atoms with Crippen molar-refractivity contribution in [2.24, 2.45) is 0 Å². The highest BCUT2D eigenvalue weighted by molar-refractivity contribution is 7.88. The minimum atomic E-state index is -3.08. The predicted octanol–water partition coefficient (Wildman–Crippen LogP) is -1.24. The molecule has 0 unspecified atom stereocenters. The molecule has 1 fully saturated rings. The third kappa shape index (κ3) is 6.33. The van der Waals surface area contributed by atoms with Crippen LogP contribution in [0.4, 0.5) is 0 Å². The third-order valence-corrected chi connectivity index (χ3v) is 4.41. The molecule has 1 rings (SSSR count). The van der Waals surface area contributed by atoms with E-state index in [0.717, 1.165) is 12.8 Å². The summed E-state index contributed by atoms with van der Waals surface area (Å²) in [5.74, 6) is -0.0670. The zero-order valence-electron chi connectivity index (χ0n) is 11.5. The topological polar surface area (TPSA) is 87.7 Å². The number of amides is 1. The van der Waals surface area contributed by atoms with Gasteiger partial charge in [-0.3, -0.25) is 4.79 Å². The zero-order chi connectivity index (χ0) is 14.3. The highest BCUT2D eigenvalue weighted by atomic mass is 32.2. The molecule has 7 nitrogen and oxygen atoms in total. The number of nitrogens with zero attached hydrogens (tertiary/aromatic N) is 1. The van der Waals surface area contributed by atoms with E-state index in [0.29, 0.717) is 26.2 Å². The number of ether oxygens (including phenoxy) is 1. The number of piperidine rings is 1. The Morgan fingerprint density at radius 1 is 1.37 bits per heavy atom. The van der Waals surface area contributed by atoms with Gasteiger partial charge in [-0.05, 0) is 12.8 Å². The lowest BCUT2D eigenvalue weighted by Crippen LogP contribution is -2.47. The summed E-state index contributed by atoms with van der Waals surface area (Å²) < 4.78 is 29.0. The Bertz CT molecular complexity index is 377. The summed E-state index contributed by atoms with van der Waals surface area (Å²) >= 11 is 0. The van der Waals surface area contributed by atoms with Crippen molar-refractivity contribution in [3.8, 4) is 0 Å². The van der Waals surface area contributed by atoms with Crippen molar-refractivity contribution in [1.29, 1.82) is 0 Å². The molecule has 0 bridgehead atoms. The number of carbonyl (C=O) groups excluding carboxylic acids is 1. The van der Waals surface area contributed by atoms with Crippen LogP contribution in [0.3, 0.4) is 0 Å². The molecule has 0 atom stereocenters. The van der Waals surface area contributed by atoms with Gasteiger partial charge in [0, 0.05) is 32.8 Å². The first kappa shape index (κ1) is 16.4. The Morgan fingerprint density at radius 3 is 2.53 bits per heavy atom. The number of rotatable bonds is 7. The zero-order valence-corrected chi connectivity index (χ0v) is 12.3. The molecule has 2 N–H and O–H groups in total. The van der Waals surface area contributed by atoms with Crippen LogP contribution in [0.15, 0.2) is 0 Å². The number of nitrogens with one attached hydrogen (secondary N) is 2. The molecule has 0 saturated carbocycles. The van der Waals surface area contributed by atoms with E-state index in [1.165, 1.54) is 10.6 Å². The minimum absolute atomic E-state index is 0.0670. The van der Waals surface area contributed by atoms with Crippen molar-refractivity contribution >= 4 is 15.9 Å². The SMILES string of the molecule is COCCNC(=O)CNC1CCN(S(C)(=O)=O)CC1. The number of methoxy groups -OCH3 is 1. The van der Waals surface area contributed by atoms with Crippen molar-refractivity contribution in [3.05, 3.63) is 0 Å². The molecule has 19 heavy (non-hydrogen) atoms. The lowest BCUT2D eigenvalue weighted by atomic mass is 10.1. The van der Waals surface area contributed by atoms with Gasteiger partial charge in [0.25, 0.3) is 0 Å². The van der Waals surface area contributed by atoms with E-state index in [9.17, 15) is 13.2 Å². The van der Waals surface area contributed by atoms with Gasteiger partial charge in [-0.2, -0.15) is 0 Å². The fraction of sp³-hybridized carbons (Fsp3) is 0.909. The van der Waals surface area contributed by atoms with Crippen molar-refractivity contribution in [1.82, 2.24) is 14.9 Å². The summed E-state index contributed by atoms with van der Waals surface area (Å²) in [6.07, 6.45) is 2.70. The van der Waals surface area contributed by atoms with Gasteiger partial charge >= 0.3 is 0 Å².